The van der Waals surface area contributed by atoms with Crippen LogP contribution in [-0.4, -0.2) is 56.3 Å². The van der Waals surface area contributed by atoms with Crippen molar-refractivity contribution in [3.8, 4) is 0 Å². The third-order valence-electron chi connectivity index (χ3n) is 8.22. The highest BCUT2D eigenvalue weighted by Gasteiger charge is 2.33. The van der Waals surface area contributed by atoms with Gasteiger partial charge in [-0.3, -0.25) is 9.69 Å². The highest BCUT2D eigenvalue weighted by Crippen LogP contribution is 2.30. The van der Waals surface area contributed by atoms with Crippen LogP contribution in [0.4, 0.5) is 5.69 Å². The second-order valence-electron chi connectivity index (χ2n) is 10.7. The molecule has 3 heterocycles. The van der Waals surface area contributed by atoms with Gasteiger partial charge in [-0.25, -0.2) is 4.68 Å². The largest absolute Gasteiger partial charge is 0.369 e. The van der Waals surface area contributed by atoms with E-state index in [1.807, 2.05) is 35.0 Å². The van der Waals surface area contributed by atoms with Crippen LogP contribution in [0.25, 0.3) is 10.9 Å². The smallest absolute Gasteiger partial charge is 0.253 e. The molecule has 8 heteroatoms. The lowest BCUT2D eigenvalue weighted by atomic mass is 10.0. The summed E-state index contributed by atoms with van der Waals surface area (Å²) in [6.45, 7) is 10.3. The van der Waals surface area contributed by atoms with Gasteiger partial charge in [-0.2, -0.15) is 0 Å². The Hall–Kier alpha value is -4.30. The van der Waals surface area contributed by atoms with Crippen molar-refractivity contribution in [2.75, 3.05) is 31.1 Å². The number of nitrogens with zero attached hydrogens (tertiary/aromatic N) is 6. The molecule has 0 spiro atoms. The first-order chi connectivity index (χ1) is 19.5. The quantitative estimate of drug-likeness (QED) is 0.328. The highest BCUT2D eigenvalue weighted by atomic mass is 16.1. The maximum atomic E-state index is 13.6. The van der Waals surface area contributed by atoms with E-state index in [2.05, 4.69) is 93.5 Å². The van der Waals surface area contributed by atoms with Crippen LogP contribution in [0.15, 0.2) is 77.6 Å². The normalized spacial score (nSPS) is 15.0. The van der Waals surface area contributed by atoms with Gasteiger partial charge in [0, 0.05) is 42.9 Å². The number of benzene rings is 3. The number of piperazine rings is 1. The van der Waals surface area contributed by atoms with Gasteiger partial charge >= 0.3 is 0 Å². The molecule has 0 amide bonds. The molecule has 6 rings (SSSR count). The number of anilines is 1. The van der Waals surface area contributed by atoms with E-state index in [1.165, 1.54) is 22.4 Å². The van der Waals surface area contributed by atoms with Gasteiger partial charge in [-0.1, -0.05) is 55.5 Å². The van der Waals surface area contributed by atoms with Gasteiger partial charge in [0.1, 0.15) is 6.04 Å². The van der Waals surface area contributed by atoms with E-state index in [9.17, 15) is 4.79 Å². The Morgan fingerprint density at radius 2 is 1.70 bits per heavy atom. The number of pyridine rings is 1. The molecule has 8 nitrogen and oxygen atoms in total. The first-order valence-corrected chi connectivity index (χ1v) is 14.0. The minimum Gasteiger partial charge on any atom is -0.369 e. The maximum Gasteiger partial charge on any atom is 0.253 e. The maximum absolute atomic E-state index is 13.6. The second-order valence-corrected chi connectivity index (χ2v) is 10.7. The number of H-pyrrole nitrogens is 1. The fraction of sp³-hybridized carbons (Fsp3) is 0.312. The summed E-state index contributed by atoms with van der Waals surface area (Å²) < 4.78 is 1.84. The third-order valence-corrected chi connectivity index (χ3v) is 8.22. The van der Waals surface area contributed by atoms with Crippen LogP contribution in [0.3, 0.4) is 0 Å². The van der Waals surface area contributed by atoms with E-state index in [4.69, 9.17) is 0 Å². The standard InChI is InChI=1S/C32H35N7O/c1-4-24-13-14-28-26(19-24)20-27(32(40)33-28)30(31-34-35-36-39(31)21-25-10-6-5-7-11-25)38-17-15-37(16-18-38)29-12-8-9-22(2)23(29)3/h5-14,19-20,30H,4,15-18,21H2,1-3H3,(H,33,40)/t30-/m0/s1. The monoisotopic (exact) mass is 533 g/mol. The van der Waals surface area contributed by atoms with E-state index in [-0.39, 0.29) is 11.6 Å². The highest BCUT2D eigenvalue weighted by molar-refractivity contribution is 5.80. The topological polar surface area (TPSA) is 82.9 Å². The van der Waals surface area contributed by atoms with Crippen molar-refractivity contribution in [1.82, 2.24) is 30.1 Å². The lowest BCUT2D eigenvalue weighted by molar-refractivity contribution is 0.200. The van der Waals surface area contributed by atoms with Crippen molar-refractivity contribution in [3.63, 3.8) is 0 Å². The molecular formula is C32H35N7O. The summed E-state index contributed by atoms with van der Waals surface area (Å²) in [7, 11) is 0. The van der Waals surface area contributed by atoms with Crippen molar-refractivity contribution in [3.05, 3.63) is 117 Å². The van der Waals surface area contributed by atoms with Gasteiger partial charge in [0.05, 0.1) is 6.54 Å². The summed E-state index contributed by atoms with van der Waals surface area (Å²) in [6, 6.07) is 24.6. The molecular weight excluding hydrogens is 498 g/mol. The third kappa shape index (κ3) is 5.02. The number of aryl methyl sites for hydroxylation is 2. The second kappa shape index (κ2) is 11.1. The Morgan fingerprint density at radius 3 is 2.48 bits per heavy atom. The van der Waals surface area contributed by atoms with E-state index in [1.54, 1.807) is 0 Å². The summed E-state index contributed by atoms with van der Waals surface area (Å²) in [4.78, 5) is 21.6. The lowest BCUT2D eigenvalue weighted by Crippen LogP contribution is -2.49. The number of aromatic amines is 1. The Morgan fingerprint density at radius 1 is 0.900 bits per heavy atom. The molecule has 1 aliphatic heterocycles. The van der Waals surface area contributed by atoms with Crippen LogP contribution in [0.1, 0.15) is 46.6 Å². The molecule has 204 valence electrons. The van der Waals surface area contributed by atoms with Gasteiger partial charge in [0.15, 0.2) is 5.82 Å². The van der Waals surface area contributed by atoms with Crippen molar-refractivity contribution in [2.45, 2.75) is 39.8 Å². The molecule has 0 radical (unpaired) electrons. The van der Waals surface area contributed by atoms with Gasteiger partial charge in [0.2, 0.25) is 0 Å². The number of rotatable bonds is 7. The van der Waals surface area contributed by atoms with Crippen molar-refractivity contribution in [1.29, 1.82) is 0 Å². The first-order valence-electron chi connectivity index (χ1n) is 14.0. The molecule has 1 saturated heterocycles. The summed E-state index contributed by atoms with van der Waals surface area (Å²) in [5.41, 5.74) is 7.64. The van der Waals surface area contributed by atoms with Crippen molar-refractivity contribution >= 4 is 16.6 Å². The minimum atomic E-state index is -0.377. The zero-order chi connectivity index (χ0) is 27.6. The minimum absolute atomic E-state index is 0.104. The molecule has 1 atom stereocenters. The summed E-state index contributed by atoms with van der Waals surface area (Å²) in [5.74, 6) is 0.681. The number of nitrogens with one attached hydrogen (secondary N) is 1. The summed E-state index contributed by atoms with van der Waals surface area (Å²) in [5, 5.41) is 14.0. The number of fused-ring (bicyclic) bond motifs is 1. The van der Waals surface area contributed by atoms with Crippen LogP contribution in [-0.2, 0) is 13.0 Å². The van der Waals surface area contributed by atoms with Gasteiger partial charge in [0.25, 0.3) is 5.56 Å². The number of tetrazole rings is 1. The Kier molecular flexibility index (Phi) is 7.17. The van der Waals surface area contributed by atoms with Gasteiger partial charge in [-0.15, -0.1) is 5.10 Å². The molecule has 5 aromatic rings. The zero-order valence-corrected chi connectivity index (χ0v) is 23.3. The van der Waals surface area contributed by atoms with Crippen LogP contribution < -0.4 is 10.5 Å². The van der Waals surface area contributed by atoms with E-state index < -0.39 is 0 Å². The Balaban J connectivity index is 1.39. The Bertz CT molecular complexity index is 1680. The predicted molar refractivity (Wildman–Crippen MR) is 159 cm³/mol. The van der Waals surface area contributed by atoms with Crippen LogP contribution in [0.2, 0.25) is 0 Å². The van der Waals surface area contributed by atoms with Crippen LogP contribution in [0.5, 0.6) is 0 Å². The molecule has 3 aromatic carbocycles. The molecule has 0 saturated carbocycles. The van der Waals surface area contributed by atoms with Crippen molar-refractivity contribution in [2.24, 2.45) is 0 Å². The molecule has 0 bridgehead atoms. The van der Waals surface area contributed by atoms with Crippen molar-refractivity contribution < 1.29 is 0 Å². The lowest BCUT2D eigenvalue weighted by Gasteiger charge is -2.40. The van der Waals surface area contributed by atoms with Crippen LogP contribution >= 0.6 is 0 Å². The number of hydrogen-bond acceptors (Lipinski definition) is 6. The number of aromatic nitrogens is 5. The summed E-state index contributed by atoms with van der Waals surface area (Å²) in [6.07, 6.45) is 0.934. The average Bonchev–Trinajstić information content (AvgIpc) is 3.43. The molecule has 1 aliphatic rings. The molecule has 40 heavy (non-hydrogen) atoms. The molecule has 1 fully saturated rings. The van der Waals surface area contributed by atoms with Gasteiger partial charge < -0.3 is 9.88 Å². The SMILES string of the molecule is CCc1ccc2[nH]c(=O)c([C@@H](c3nnnn3Cc3ccccc3)N3CCN(c4cccc(C)c4C)CC3)cc2c1. The molecule has 0 aliphatic carbocycles. The fourth-order valence-corrected chi connectivity index (χ4v) is 5.77. The molecule has 1 N–H and O–H groups in total. The predicted octanol–water partition coefficient (Wildman–Crippen LogP) is 4.65. The van der Waals surface area contributed by atoms with E-state index in [0.717, 1.165) is 49.1 Å². The van der Waals surface area contributed by atoms with Crippen LogP contribution in [0, 0.1) is 13.8 Å². The average molecular weight is 534 g/mol. The molecule has 0 unspecified atom stereocenters. The fourth-order valence-electron chi connectivity index (χ4n) is 5.77. The zero-order valence-electron chi connectivity index (χ0n) is 23.3. The Labute approximate surface area is 234 Å². The number of hydrogen-bond donors (Lipinski definition) is 1. The van der Waals surface area contributed by atoms with Gasteiger partial charge in [-0.05, 0) is 82.6 Å². The summed E-state index contributed by atoms with van der Waals surface area (Å²) >= 11 is 0. The van der Waals surface area contributed by atoms with E-state index >= 15 is 0 Å². The van der Waals surface area contributed by atoms with E-state index in [0.29, 0.717) is 17.9 Å². The molecule has 2 aromatic heterocycles. The first kappa shape index (κ1) is 26.0.